The molecule has 2 nitrogen and oxygen atoms in total. The van der Waals surface area contributed by atoms with Crippen LogP contribution in [0.4, 0.5) is 0 Å². The van der Waals surface area contributed by atoms with E-state index in [1.165, 1.54) is 32.3 Å². The topological polar surface area (TPSA) is 22.4 Å². The van der Waals surface area contributed by atoms with Crippen LogP contribution in [0.1, 0.15) is 0 Å². The van der Waals surface area contributed by atoms with E-state index in [2.05, 4.69) is 54.6 Å². The van der Waals surface area contributed by atoms with E-state index in [1.807, 2.05) is 12.1 Å². The van der Waals surface area contributed by atoms with Crippen LogP contribution in [-0.4, -0.2) is 7.11 Å². The highest BCUT2D eigenvalue weighted by atomic mass is 16.6. The fourth-order valence-electron chi connectivity index (χ4n) is 3.43. The average Bonchev–Trinajstić information content (AvgIpc) is 3.03. The van der Waals surface area contributed by atoms with Gasteiger partial charge in [0, 0.05) is 11.5 Å². The summed E-state index contributed by atoms with van der Waals surface area (Å²) in [6, 6.07) is 23.5. The van der Waals surface area contributed by atoms with Gasteiger partial charge in [-0.25, -0.2) is 0 Å². The molecule has 0 unspecified atom stereocenters. The first-order chi connectivity index (χ1) is 11.3. The van der Waals surface area contributed by atoms with Gasteiger partial charge in [0.15, 0.2) is 0 Å². The highest BCUT2D eigenvalue weighted by Crippen LogP contribution is 2.36. The second-order valence-corrected chi connectivity index (χ2v) is 5.83. The summed E-state index contributed by atoms with van der Waals surface area (Å²) < 4.78 is 10.9. The minimum Gasteiger partial charge on any atom is -0.468 e. The third-order valence-corrected chi connectivity index (χ3v) is 4.56. The lowest BCUT2D eigenvalue weighted by Crippen LogP contribution is -1.80. The SMILES string of the molecule is COc1cc2c(ccc3c4cc5ccccc5cc4ccc23)o1. The number of benzene rings is 4. The Hall–Kier alpha value is -3.00. The van der Waals surface area contributed by atoms with Gasteiger partial charge in [-0.2, -0.15) is 0 Å². The van der Waals surface area contributed by atoms with Gasteiger partial charge in [0.1, 0.15) is 5.58 Å². The molecule has 0 amide bonds. The van der Waals surface area contributed by atoms with Gasteiger partial charge < -0.3 is 9.15 Å². The molecule has 0 aliphatic heterocycles. The lowest BCUT2D eigenvalue weighted by molar-refractivity contribution is 0.316. The van der Waals surface area contributed by atoms with Crippen molar-refractivity contribution >= 4 is 43.3 Å². The van der Waals surface area contributed by atoms with Gasteiger partial charge >= 0.3 is 0 Å². The van der Waals surface area contributed by atoms with Crippen molar-refractivity contribution in [2.75, 3.05) is 7.11 Å². The van der Waals surface area contributed by atoms with Crippen molar-refractivity contribution in [3.8, 4) is 5.95 Å². The second kappa shape index (κ2) is 4.50. The number of rotatable bonds is 1. The van der Waals surface area contributed by atoms with Crippen LogP contribution >= 0.6 is 0 Å². The fraction of sp³-hybridized carbons (Fsp3) is 0.0476. The molecule has 0 aliphatic rings. The first kappa shape index (κ1) is 12.5. The summed E-state index contributed by atoms with van der Waals surface area (Å²) in [4.78, 5) is 0. The van der Waals surface area contributed by atoms with E-state index in [-0.39, 0.29) is 0 Å². The van der Waals surface area contributed by atoms with Crippen molar-refractivity contribution in [3.63, 3.8) is 0 Å². The third-order valence-electron chi connectivity index (χ3n) is 4.56. The highest BCUT2D eigenvalue weighted by molar-refractivity contribution is 6.18. The Bertz CT molecular complexity index is 1200. The van der Waals surface area contributed by atoms with E-state index in [0.29, 0.717) is 5.95 Å². The molecule has 0 aliphatic carbocycles. The quantitative estimate of drug-likeness (QED) is 0.284. The molecule has 0 bridgehead atoms. The predicted octanol–water partition coefficient (Wildman–Crippen LogP) is 5.90. The molecule has 0 radical (unpaired) electrons. The Kier molecular flexibility index (Phi) is 2.45. The van der Waals surface area contributed by atoms with Crippen LogP contribution in [0.5, 0.6) is 5.95 Å². The molecule has 0 atom stereocenters. The normalized spacial score (nSPS) is 11.7. The summed E-state index contributed by atoms with van der Waals surface area (Å²) >= 11 is 0. The lowest BCUT2D eigenvalue weighted by Gasteiger charge is -2.07. The summed E-state index contributed by atoms with van der Waals surface area (Å²) in [5.74, 6) is 0.547. The maximum atomic E-state index is 5.69. The van der Waals surface area contributed by atoms with Crippen molar-refractivity contribution in [3.05, 3.63) is 66.7 Å². The van der Waals surface area contributed by atoms with Crippen LogP contribution in [0.25, 0.3) is 43.3 Å². The molecule has 110 valence electrons. The summed E-state index contributed by atoms with van der Waals surface area (Å²) in [6.07, 6.45) is 0. The van der Waals surface area contributed by atoms with E-state index >= 15 is 0 Å². The molecule has 5 rings (SSSR count). The molecular formula is C21H14O2. The molecule has 23 heavy (non-hydrogen) atoms. The van der Waals surface area contributed by atoms with E-state index in [9.17, 15) is 0 Å². The molecular weight excluding hydrogens is 284 g/mol. The summed E-state index contributed by atoms with van der Waals surface area (Å²) in [7, 11) is 1.63. The lowest BCUT2D eigenvalue weighted by atomic mass is 9.97. The monoisotopic (exact) mass is 298 g/mol. The maximum absolute atomic E-state index is 5.69. The average molecular weight is 298 g/mol. The van der Waals surface area contributed by atoms with Gasteiger partial charge in [0.05, 0.1) is 7.11 Å². The number of methoxy groups -OCH3 is 1. The number of hydrogen-bond acceptors (Lipinski definition) is 2. The van der Waals surface area contributed by atoms with Crippen molar-refractivity contribution in [1.29, 1.82) is 0 Å². The molecule has 2 heteroatoms. The van der Waals surface area contributed by atoms with Crippen molar-refractivity contribution in [2.24, 2.45) is 0 Å². The largest absolute Gasteiger partial charge is 0.468 e. The Labute approximate surface area is 132 Å². The fourth-order valence-corrected chi connectivity index (χ4v) is 3.43. The Morgan fingerprint density at radius 3 is 2.22 bits per heavy atom. The molecule has 5 aromatic rings. The maximum Gasteiger partial charge on any atom is 0.285 e. The molecule has 0 saturated carbocycles. The highest BCUT2D eigenvalue weighted by Gasteiger charge is 2.10. The third kappa shape index (κ3) is 1.75. The first-order valence-corrected chi connectivity index (χ1v) is 7.65. The molecule has 0 N–H and O–H groups in total. The zero-order valence-electron chi connectivity index (χ0n) is 12.7. The van der Waals surface area contributed by atoms with Crippen LogP contribution in [-0.2, 0) is 0 Å². The number of fused-ring (bicyclic) bond motifs is 6. The Balaban J connectivity index is 1.96. The molecule has 0 saturated heterocycles. The molecule has 1 aromatic heterocycles. The van der Waals surface area contributed by atoms with E-state index in [1.54, 1.807) is 7.11 Å². The van der Waals surface area contributed by atoms with Gasteiger partial charge in [0.2, 0.25) is 0 Å². The zero-order chi connectivity index (χ0) is 15.4. The van der Waals surface area contributed by atoms with Crippen LogP contribution in [0.2, 0.25) is 0 Å². The van der Waals surface area contributed by atoms with Gasteiger partial charge in [-0.3, -0.25) is 0 Å². The van der Waals surface area contributed by atoms with Gasteiger partial charge in [-0.05, 0) is 50.5 Å². The smallest absolute Gasteiger partial charge is 0.285 e. The van der Waals surface area contributed by atoms with Gasteiger partial charge in [-0.15, -0.1) is 0 Å². The molecule has 0 fully saturated rings. The standard InChI is InChI=1S/C21H14O2/c1-22-21-12-19-17-7-6-15-10-13-4-2-3-5-14(13)11-18(15)16(17)8-9-20(19)23-21/h2-12H,1H3. The van der Waals surface area contributed by atoms with E-state index < -0.39 is 0 Å². The number of furan rings is 1. The Morgan fingerprint density at radius 2 is 1.39 bits per heavy atom. The van der Waals surface area contributed by atoms with Crippen LogP contribution < -0.4 is 4.74 Å². The van der Waals surface area contributed by atoms with Gasteiger partial charge in [-0.1, -0.05) is 42.5 Å². The predicted molar refractivity (Wildman–Crippen MR) is 95.3 cm³/mol. The van der Waals surface area contributed by atoms with E-state index in [0.717, 1.165) is 11.0 Å². The van der Waals surface area contributed by atoms with Crippen LogP contribution in [0, 0.1) is 0 Å². The van der Waals surface area contributed by atoms with E-state index in [4.69, 9.17) is 9.15 Å². The summed E-state index contributed by atoms with van der Waals surface area (Å²) in [6.45, 7) is 0. The molecule has 1 heterocycles. The van der Waals surface area contributed by atoms with Crippen LogP contribution in [0.15, 0.2) is 71.1 Å². The minimum absolute atomic E-state index is 0.547. The summed E-state index contributed by atoms with van der Waals surface area (Å²) in [5, 5.41) is 8.58. The number of ether oxygens (including phenoxy) is 1. The van der Waals surface area contributed by atoms with Crippen molar-refractivity contribution in [1.82, 2.24) is 0 Å². The number of hydrogen-bond donors (Lipinski definition) is 0. The van der Waals surface area contributed by atoms with Crippen molar-refractivity contribution in [2.45, 2.75) is 0 Å². The first-order valence-electron chi connectivity index (χ1n) is 7.65. The second-order valence-electron chi connectivity index (χ2n) is 5.83. The molecule has 0 spiro atoms. The zero-order valence-corrected chi connectivity index (χ0v) is 12.7. The molecule has 4 aromatic carbocycles. The minimum atomic E-state index is 0.547. The van der Waals surface area contributed by atoms with Crippen LogP contribution in [0.3, 0.4) is 0 Å². The van der Waals surface area contributed by atoms with Gasteiger partial charge in [0.25, 0.3) is 5.95 Å². The summed E-state index contributed by atoms with van der Waals surface area (Å²) in [5.41, 5.74) is 0.856. The Morgan fingerprint density at radius 1 is 0.652 bits per heavy atom. The van der Waals surface area contributed by atoms with Crippen molar-refractivity contribution < 1.29 is 9.15 Å².